The molecule has 0 fully saturated rings. The molecule has 0 aliphatic heterocycles. The summed E-state index contributed by atoms with van der Waals surface area (Å²) in [6, 6.07) is 13.6. The van der Waals surface area contributed by atoms with Crippen LogP contribution in [0.5, 0.6) is 0 Å². The van der Waals surface area contributed by atoms with E-state index < -0.39 is 0 Å². The zero-order valence-corrected chi connectivity index (χ0v) is 13.0. The summed E-state index contributed by atoms with van der Waals surface area (Å²) in [4.78, 5) is 18.6. The predicted octanol–water partition coefficient (Wildman–Crippen LogP) is 4.18. The zero-order valence-electron chi connectivity index (χ0n) is 12.3. The van der Waals surface area contributed by atoms with Gasteiger partial charge in [0, 0.05) is 18.8 Å². The fraction of sp³-hybridized carbons (Fsp3) is 0.294. The number of nitrogens with zero attached hydrogens (tertiary/aromatic N) is 2. The van der Waals surface area contributed by atoms with Crippen LogP contribution in [0.1, 0.15) is 36.2 Å². The van der Waals surface area contributed by atoms with E-state index >= 15 is 0 Å². The summed E-state index contributed by atoms with van der Waals surface area (Å²) >= 11 is 6.06. The average Bonchev–Trinajstić information content (AvgIpc) is 2.53. The van der Waals surface area contributed by atoms with Crippen LogP contribution < -0.4 is 0 Å². The molecule has 0 saturated carbocycles. The van der Waals surface area contributed by atoms with E-state index in [9.17, 15) is 4.79 Å². The van der Waals surface area contributed by atoms with Crippen LogP contribution in [0.25, 0.3) is 0 Å². The third-order valence-corrected chi connectivity index (χ3v) is 3.87. The van der Waals surface area contributed by atoms with Crippen molar-refractivity contribution in [1.82, 2.24) is 9.88 Å². The first kappa shape index (κ1) is 15.5. The molecule has 3 nitrogen and oxygen atoms in total. The molecule has 0 bridgehead atoms. The Morgan fingerprint density at radius 1 is 1.24 bits per heavy atom. The topological polar surface area (TPSA) is 33.2 Å². The smallest absolute Gasteiger partial charge is 0.257 e. The first-order valence-corrected chi connectivity index (χ1v) is 7.46. The van der Waals surface area contributed by atoms with Crippen LogP contribution in [0, 0.1) is 0 Å². The minimum Gasteiger partial charge on any atom is -0.332 e. The van der Waals surface area contributed by atoms with Gasteiger partial charge in [0.2, 0.25) is 0 Å². The first-order valence-electron chi connectivity index (χ1n) is 7.09. The van der Waals surface area contributed by atoms with Crippen molar-refractivity contribution in [3.05, 3.63) is 64.9 Å². The van der Waals surface area contributed by atoms with E-state index in [0.29, 0.717) is 12.1 Å². The molecule has 0 N–H and O–H groups in total. The maximum atomic E-state index is 12.8. The fourth-order valence-electron chi connectivity index (χ4n) is 2.13. The summed E-state index contributed by atoms with van der Waals surface area (Å²) in [5.74, 6) is -0.0775. The van der Waals surface area contributed by atoms with Crippen LogP contribution in [0.2, 0.25) is 5.15 Å². The van der Waals surface area contributed by atoms with Crippen LogP contribution >= 0.6 is 11.6 Å². The van der Waals surface area contributed by atoms with Gasteiger partial charge in [0.15, 0.2) is 0 Å². The van der Waals surface area contributed by atoms with E-state index in [4.69, 9.17) is 11.6 Å². The highest BCUT2D eigenvalue weighted by Gasteiger charge is 2.22. The first-order chi connectivity index (χ1) is 10.1. The molecule has 1 unspecified atom stereocenters. The largest absolute Gasteiger partial charge is 0.332 e. The van der Waals surface area contributed by atoms with Crippen LogP contribution in [0.15, 0.2) is 48.7 Å². The highest BCUT2D eigenvalue weighted by Crippen LogP contribution is 2.19. The maximum absolute atomic E-state index is 12.8. The lowest BCUT2D eigenvalue weighted by molar-refractivity contribution is 0.0671. The van der Waals surface area contributed by atoms with Gasteiger partial charge in [-0.2, -0.15) is 0 Å². The lowest BCUT2D eigenvalue weighted by Gasteiger charge is -2.29. The second-order valence-corrected chi connectivity index (χ2v) is 5.38. The van der Waals surface area contributed by atoms with E-state index in [1.54, 1.807) is 18.3 Å². The number of rotatable bonds is 5. The number of pyridine rings is 1. The lowest BCUT2D eigenvalue weighted by atomic mass is 10.1. The predicted molar refractivity (Wildman–Crippen MR) is 85.3 cm³/mol. The summed E-state index contributed by atoms with van der Waals surface area (Å²) < 4.78 is 0. The van der Waals surface area contributed by atoms with E-state index in [0.717, 1.165) is 12.0 Å². The molecule has 4 heteroatoms. The van der Waals surface area contributed by atoms with Gasteiger partial charge in [-0.15, -0.1) is 0 Å². The number of hydrogen-bond acceptors (Lipinski definition) is 2. The molecule has 0 aliphatic carbocycles. The Morgan fingerprint density at radius 3 is 2.57 bits per heavy atom. The van der Waals surface area contributed by atoms with Crippen molar-refractivity contribution in [2.45, 2.75) is 32.9 Å². The molecular weight excluding hydrogens is 284 g/mol. The van der Waals surface area contributed by atoms with Gasteiger partial charge >= 0.3 is 0 Å². The quantitative estimate of drug-likeness (QED) is 0.776. The molecule has 21 heavy (non-hydrogen) atoms. The van der Waals surface area contributed by atoms with E-state index in [1.165, 1.54) is 0 Å². The van der Waals surface area contributed by atoms with Crippen LogP contribution in [0.3, 0.4) is 0 Å². The van der Waals surface area contributed by atoms with Crippen molar-refractivity contribution in [3.8, 4) is 0 Å². The van der Waals surface area contributed by atoms with Crippen molar-refractivity contribution in [2.24, 2.45) is 0 Å². The molecule has 110 valence electrons. The number of halogens is 1. The minimum absolute atomic E-state index is 0.0775. The molecule has 1 heterocycles. The number of carbonyl (C=O) groups is 1. The van der Waals surface area contributed by atoms with Gasteiger partial charge in [0.25, 0.3) is 5.91 Å². The highest BCUT2D eigenvalue weighted by atomic mass is 35.5. The molecule has 1 atom stereocenters. The van der Waals surface area contributed by atoms with Gasteiger partial charge in [-0.1, -0.05) is 48.9 Å². The molecule has 1 aromatic carbocycles. The number of hydrogen-bond donors (Lipinski definition) is 0. The van der Waals surface area contributed by atoms with Gasteiger partial charge in [-0.05, 0) is 31.0 Å². The molecule has 2 rings (SSSR count). The van der Waals surface area contributed by atoms with Crippen LogP contribution in [-0.4, -0.2) is 21.8 Å². The van der Waals surface area contributed by atoms with Crippen molar-refractivity contribution >= 4 is 17.5 Å². The molecule has 0 spiro atoms. The van der Waals surface area contributed by atoms with E-state index in [2.05, 4.69) is 11.9 Å². The molecule has 0 aliphatic rings. The molecule has 1 amide bonds. The van der Waals surface area contributed by atoms with Crippen molar-refractivity contribution in [1.29, 1.82) is 0 Å². The Hall–Kier alpha value is -1.87. The second-order valence-electron chi connectivity index (χ2n) is 5.02. The van der Waals surface area contributed by atoms with Gasteiger partial charge in [-0.3, -0.25) is 4.79 Å². The summed E-state index contributed by atoms with van der Waals surface area (Å²) in [6.45, 7) is 4.69. The van der Waals surface area contributed by atoms with Crippen molar-refractivity contribution in [3.63, 3.8) is 0 Å². The van der Waals surface area contributed by atoms with E-state index in [-0.39, 0.29) is 17.1 Å². The Labute approximate surface area is 130 Å². The Balaban J connectivity index is 2.28. The molecular formula is C17H19ClN2O. The number of aromatic nitrogens is 1. The Kier molecular flexibility index (Phi) is 5.34. The molecule has 1 aromatic heterocycles. The van der Waals surface area contributed by atoms with Gasteiger partial charge in [-0.25, -0.2) is 4.98 Å². The Bertz CT molecular complexity index is 601. The zero-order chi connectivity index (χ0) is 15.2. The number of benzene rings is 1. The molecule has 0 radical (unpaired) electrons. The normalized spacial score (nSPS) is 12.0. The van der Waals surface area contributed by atoms with Gasteiger partial charge < -0.3 is 4.90 Å². The van der Waals surface area contributed by atoms with Gasteiger partial charge in [0.1, 0.15) is 5.15 Å². The van der Waals surface area contributed by atoms with Crippen molar-refractivity contribution < 1.29 is 4.79 Å². The summed E-state index contributed by atoms with van der Waals surface area (Å²) in [7, 11) is 0. The Morgan fingerprint density at radius 2 is 1.95 bits per heavy atom. The monoisotopic (exact) mass is 302 g/mol. The molecule has 2 aromatic rings. The van der Waals surface area contributed by atoms with Crippen LogP contribution in [-0.2, 0) is 6.54 Å². The molecule has 0 saturated heterocycles. The fourth-order valence-corrected chi connectivity index (χ4v) is 2.33. The summed E-state index contributed by atoms with van der Waals surface area (Å²) in [6.07, 6.45) is 2.47. The van der Waals surface area contributed by atoms with E-state index in [1.807, 2.05) is 42.2 Å². The third-order valence-electron chi connectivity index (χ3n) is 3.57. The summed E-state index contributed by atoms with van der Waals surface area (Å²) in [5, 5.41) is 0.254. The summed E-state index contributed by atoms with van der Waals surface area (Å²) in [5.41, 5.74) is 1.56. The maximum Gasteiger partial charge on any atom is 0.257 e. The number of carbonyl (C=O) groups excluding carboxylic acids is 1. The highest BCUT2D eigenvalue weighted by molar-refractivity contribution is 6.32. The SMILES string of the molecule is CCC(C)N(Cc1ccccc1)C(=O)c1cccnc1Cl. The lowest BCUT2D eigenvalue weighted by Crippen LogP contribution is -2.38. The second kappa shape index (κ2) is 7.23. The van der Waals surface area contributed by atoms with Gasteiger partial charge in [0.05, 0.1) is 5.56 Å². The standard InChI is InChI=1S/C17H19ClN2O/c1-3-13(2)20(12-14-8-5-4-6-9-14)17(21)15-10-7-11-19-16(15)18/h4-11,13H,3,12H2,1-2H3. The third kappa shape index (κ3) is 3.82. The number of amides is 1. The van der Waals surface area contributed by atoms with Crippen LogP contribution in [0.4, 0.5) is 0 Å². The average molecular weight is 303 g/mol. The minimum atomic E-state index is -0.0775. The van der Waals surface area contributed by atoms with Crippen molar-refractivity contribution in [2.75, 3.05) is 0 Å².